The second-order valence-electron chi connectivity index (χ2n) is 4.10. The Hall–Kier alpha value is -1.06. The largest absolute Gasteiger partial charge is 0.344 e. The van der Waals surface area contributed by atoms with E-state index in [-0.39, 0.29) is 23.8 Å². The summed E-state index contributed by atoms with van der Waals surface area (Å²) in [6, 6.07) is -0.354. The topological polar surface area (TPSA) is 49.4 Å². The average molecular weight is 198 g/mol. The van der Waals surface area contributed by atoms with Crippen LogP contribution in [0.25, 0.3) is 0 Å². The summed E-state index contributed by atoms with van der Waals surface area (Å²) in [5.74, 6) is 0.0611. The van der Waals surface area contributed by atoms with Crippen molar-refractivity contribution < 1.29 is 9.59 Å². The van der Waals surface area contributed by atoms with Gasteiger partial charge in [-0.1, -0.05) is 13.8 Å². The molecule has 0 aromatic heterocycles. The molecule has 4 nitrogen and oxygen atoms in total. The maximum absolute atomic E-state index is 11.8. The third kappa shape index (κ3) is 2.47. The maximum atomic E-state index is 11.8. The minimum atomic E-state index is -0.354. The first-order valence-electron chi connectivity index (χ1n) is 5.08. The molecule has 1 aliphatic rings. The van der Waals surface area contributed by atoms with Crippen molar-refractivity contribution in [1.29, 1.82) is 0 Å². The van der Waals surface area contributed by atoms with Crippen LogP contribution in [0, 0.1) is 5.92 Å². The lowest BCUT2D eigenvalue weighted by Crippen LogP contribution is -2.54. The molecule has 1 fully saturated rings. The van der Waals surface area contributed by atoms with Gasteiger partial charge >= 0.3 is 0 Å². The van der Waals surface area contributed by atoms with Gasteiger partial charge in [0.25, 0.3) is 0 Å². The number of hydrogen-bond acceptors (Lipinski definition) is 2. The van der Waals surface area contributed by atoms with E-state index in [1.807, 2.05) is 13.8 Å². The van der Waals surface area contributed by atoms with Gasteiger partial charge in [0, 0.05) is 20.0 Å². The monoisotopic (exact) mass is 198 g/mol. The molecule has 0 saturated carbocycles. The van der Waals surface area contributed by atoms with Crippen molar-refractivity contribution in [3.63, 3.8) is 0 Å². The van der Waals surface area contributed by atoms with Gasteiger partial charge in [-0.05, 0) is 12.3 Å². The van der Waals surface area contributed by atoms with Crippen LogP contribution in [0.15, 0.2) is 0 Å². The van der Waals surface area contributed by atoms with Crippen molar-refractivity contribution >= 4 is 11.8 Å². The summed E-state index contributed by atoms with van der Waals surface area (Å²) in [5, 5.41) is 2.70. The van der Waals surface area contributed by atoms with Crippen LogP contribution in [-0.2, 0) is 9.59 Å². The van der Waals surface area contributed by atoms with E-state index in [9.17, 15) is 9.59 Å². The first-order chi connectivity index (χ1) is 6.52. The van der Waals surface area contributed by atoms with Crippen LogP contribution in [0.4, 0.5) is 0 Å². The number of nitrogens with one attached hydrogen (secondary N) is 1. The van der Waals surface area contributed by atoms with Crippen molar-refractivity contribution in [2.24, 2.45) is 5.92 Å². The van der Waals surface area contributed by atoms with E-state index < -0.39 is 0 Å². The number of hydrogen-bond donors (Lipinski definition) is 1. The fraction of sp³-hybridized carbons (Fsp3) is 0.800. The first kappa shape index (κ1) is 11.0. The molecule has 14 heavy (non-hydrogen) atoms. The number of rotatable bonds is 3. The Morgan fingerprint density at radius 1 is 1.29 bits per heavy atom. The molecule has 1 heterocycles. The molecule has 0 spiro atoms. The fourth-order valence-corrected chi connectivity index (χ4v) is 1.47. The molecule has 1 rings (SSSR count). The highest BCUT2D eigenvalue weighted by Gasteiger charge is 2.30. The van der Waals surface area contributed by atoms with Crippen molar-refractivity contribution in [3.8, 4) is 0 Å². The Labute approximate surface area is 84.7 Å². The first-order valence-corrected chi connectivity index (χ1v) is 5.08. The molecule has 4 heteroatoms. The molecule has 80 valence electrons. The second-order valence-corrected chi connectivity index (χ2v) is 4.10. The third-order valence-corrected chi connectivity index (χ3v) is 2.46. The van der Waals surface area contributed by atoms with E-state index in [1.54, 1.807) is 4.90 Å². The van der Waals surface area contributed by atoms with Crippen LogP contribution >= 0.6 is 0 Å². The standard InChI is InChI=1S/C10H18N2O2/c1-7(2)9(11-8(3)13)10(14)12-5-4-6-12/h7,9H,4-6H2,1-3H3,(H,11,13). The van der Waals surface area contributed by atoms with Gasteiger partial charge in [0.15, 0.2) is 0 Å². The fourth-order valence-electron chi connectivity index (χ4n) is 1.47. The minimum absolute atomic E-state index is 0.0569. The molecule has 0 aromatic carbocycles. The van der Waals surface area contributed by atoms with E-state index in [4.69, 9.17) is 0 Å². The van der Waals surface area contributed by atoms with E-state index in [1.165, 1.54) is 6.92 Å². The molecule has 1 saturated heterocycles. The second kappa shape index (κ2) is 4.44. The van der Waals surface area contributed by atoms with E-state index >= 15 is 0 Å². The molecule has 1 N–H and O–H groups in total. The van der Waals surface area contributed by atoms with Gasteiger partial charge in [-0.15, -0.1) is 0 Å². The smallest absolute Gasteiger partial charge is 0.245 e. The van der Waals surface area contributed by atoms with Crippen LogP contribution in [0.5, 0.6) is 0 Å². The summed E-state index contributed by atoms with van der Waals surface area (Å²) < 4.78 is 0. The normalized spacial score (nSPS) is 17.6. The summed E-state index contributed by atoms with van der Waals surface area (Å²) in [7, 11) is 0. The Morgan fingerprint density at radius 3 is 2.14 bits per heavy atom. The van der Waals surface area contributed by atoms with Crippen molar-refractivity contribution in [1.82, 2.24) is 10.2 Å². The van der Waals surface area contributed by atoms with Crippen LogP contribution < -0.4 is 5.32 Å². The highest BCUT2D eigenvalue weighted by molar-refractivity contribution is 5.87. The van der Waals surface area contributed by atoms with Crippen LogP contribution in [0.3, 0.4) is 0 Å². The lowest BCUT2D eigenvalue weighted by molar-refractivity contribution is -0.140. The average Bonchev–Trinajstić information content (AvgIpc) is 1.95. The molecule has 1 unspecified atom stereocenters. The van der Waals surface area contributed by atoms with Crippen LogP contribution in [0.2, 0.25) is 0 Å². The molecular weight excluding hydrogens is 180 g/mol. The van der Waals surface area contributed by atoms with Crippen molar-refractivity contribution in [3.05, 3.63) is 0 Å². The van der Waals surface area contributed by atoms with Crippen molar-refractivity contribution in [2.45, 2.75) is 33.2 Å². The Kier molecular flexibility index (Phi) is 3.49. The minimum Gasteiger partial charge on any atom is -0.344 e. The van der Waals surface area contributed by atoms with Gasteiger partial charge in [0.05, 0.1) is 0 Å². The lowest BCUT2D eigenvalue weighted by atomic mass is 10.0. The molecule has 0 aliphatic carbocycles. The number of carbonyl (C=O) groups is 2. The summed E-state index contributed by atoms with van der Waals surface area (Å²) in [6.45, 7) is 7.00. The van der Waals surface area contributed by atoms with Crippen LogP contribution in [-0.4, -0.2) is 35.8 Å². The lowest BCUT2D eigenvalue weighted by Gasteiger charge is -2.35. The predicted octanol–water partition coefficient (Wildman–Crippen LogP) is 0.379. The summed E-state index contributed by atoms with van der Waals surface area (Å²) in [6.07, 6.45) is 1.08. The Balaban J connectivity index is 2.56. The maximum Gasteiger partial charge on any atom is 0.245 e. The molecular formula is C10H18N2O2. The van der Waals surface area contributed by atoms with Crippen molar-refractivity contribution in [2.75, 3.05) is 13.1 Å². The van der Waals surface area contributed by atoms with Gasteiger partial charge in [0.1, 0.15) is 6.04 Å². The highest BCUT2D eigenvalue weighted by Crippen LogP contribution is 2.12. The number of carbonyl (C=O) groups excluding carboxylic acids is 2. The van der Waals surface area contributed by atoms with Gasteiger partial charge in [-0.2, -0.15) is 0 Å². The molecule has 0 aromatic rings. The quantitative estimate of drug-likeness (QED) is 0.712. The molecule has 1 aliphatic heterocycles. The summed E-state index contributed by atoms with van der Waals surface area (Å²) in [5.41, 5.74) is 0. The SMILES string of the molecule is CC(=O)NC(C(=O)N1CCC1)C(C)C. The molecule has 0 radical (unpaired) electrons. The Bertz CT molecular complexity index is 234. The Morgan fingerprint density at radius 2 is 1.86 bits per heavy atom. The van der Waals surface area contributed by atoms with Gasteiger partial charge in [0.2, 0.25) is 11.8 Å². The zero-order chi connectivity index (χ0) is 10.7. The van der Waals surface area contributed by atoms with Gasteiger partial charge in [-0.25, -0.2) is 0 Å². The molecule has 2 amide bonds. The number of likely N-dealkylation sites (tertiary alicyclic amines) is 1. The molecule has 1 atom stereocenters. The van der Waals surface area contributed by atoms with E-state index in [0.717, 1.165) is 19.5 Å². The van der Waals surface area contributed by atoms with E-state index in [2.05, 4.69) is 5.32 Å². The highest BCUT2D eigenvalue weighted by atomic mass is 16.2. The van der Waals surface area contributed by atoms with Gasteiger partial charge < -0.3 is 10.2 Å². The van der Waals surface area contributed by atoms with E-state index in [0.29, 0.717) is 0 Å². The zero-order valence-corrected chi connectivity index (χ0v) is 9.04. The zero-order valence-electron chi connectivity index (χ0n) is 9.04. The third-order valence-electron chi connectivity index (χ3n) is 2.46. The summed E-state index contributed by atoms with van der Waals surface area (Å²) in [4.78, 5) is 24.5. The number of nitrogens with zero attached hydrogens (tertiary/aromatic N) is 1. The van der Waals surface area contributed by atoms with Gasteiger partial charge in [-0.3, -0.25) is 9.59 Å². The van der Waals surface area contributed by atoms with Crippen LogP contribution in [0.1, 0.15) is 27.2 Å². The summed E-state index contributed by atoms with van der Waals surface area (Å²) >= 11 is 0. The number of amides is 2. The molecule has 0 bridgehead atoms. The predicted molar refractivity (Wildman–Crippen MR) is 53.6 cm³/mol.